The molecule has 0 unspecified atom stereocenters. The molecule has 1 aromatic carbocycles. The lowest BCUT2D eigenvalue weighted by molar-refractivity contribution is 0.414. The highest BCUT2D eigenvalue weighted by molar-refractivity contribution is 7.92. The van der Waals surface area contributed by atoms with Gasteiger partial charge in [0.2, 0.25) is 0 Å². The fraction of sp³-hybridized carbons (Fsp3) is 0.188. The molecule has 23 heavy (non-hydrogen) atoms. The number of sulfonamides is 1. The number of rotatable bonds is 4. The van der Waals surface area contributed by atoms with Crippen LogP contribution < -0.4 is 9.46 Å². The number of aryl methyl sites for hydroxylation is 2. The first-order valence-electron chi connectivity index (χ1n) is 6.93. The van der Waals surface area contributed by atoms with Crippen molar-refractivity contribution in [1.82, 2.24) is 4.98 Å². The Labute approximate surface area is 139 Å². The molecular weight excluding hydrogens is 332 g/mol. The summed E-state index contributed by atoms with van der Waals surface area (Å²) in [5, 5.41) is 2.63. The van der Waals surface area contributed by atoms with Crippen LogP contribution in [0.3, 0.4) is 0 Å². The van der Waals surface area contributed by atoms with Crippen molar-refractivity contribution in [3.8, 4) is 5.75 Å². The van der Waals surface area contributed by atoms with Crippen LogP contribution in [0.2, 0.25) is 0 Å². The molecule has 1 N–H and O–H groups in total. The van der Waals surface area contributed by atoms with Crippen LogP contribution in [0, 0.1) is 13.8 Å². The molecule has 0 spiro atoms. The van der Waals surface area contributed by atoms with Crippen LogP contribution in [-0.2, 0) is 10.0 Å². The second-order valence-electron chi connectivity index (χ2n) is 5.19. The highest BCUT2D eigenvalue weighted by Gasteiger charge is 2.18. The lowest BCUT2D eigenvalue weighted by Crippen LogP contribution is -2.12. The van der Waals surface area contributed by atoms with Crippen LogP contribution in [0.25, 0.3) is 10.2 Å². The lowest BCUT2D eigenvalue weighted by Gasteiger charge is -2.09. The zero-order valence-corrected chi connectivity index (χ0v) is 14.6. The number of fused-ring (bicyclic) bond motifs is 1. The van der Waals surface area contributed by atoms with Crippen LogP contribution in [-0.4, -0.2) is 20.5 Å². The smallest absolute Gasteiger partial charge is 0.261 e. The van der Waals surface area contributed by atoms with Crippen LogP contribution in [0.1, 0.15) is 11.3 Å². The summed E-state index contributed by atoms with van der Waals surface area (Å²) in [5.41, 5.74) is 2.48. The SMILES string of the molecule is COc1ccc(S(=O)(=O)Nc2csc3nc(C)cc(C)c23)cc1. The molecule has 2 heterocycles. The number of nitrogens with zero attached hydrogens (tertiary/aromatic N) is 1. The maximum atomic E-state index is 12.6. The summed E-state index contributed by atoms with van der Waals surface area (Å²) >= 11 is 1.43. The molecule has 3 aromatic rings. The summed E-state index contributed by atoms with van der Waals surface area (Å²) < 4.78 is 32.8. The number of hydrogen-bond donors (Lipinski definition) is 1. The Hall–Kier alpha value is -2.12. The van der Waals surface area contributed by atoms with Gasteiger partial charge >= 0.3 is 0 Å². The van der Waals surface area contributed by atoms with Crippen molar-refractivity contribution >= 4 is 37.3 Å². The topological polar surface area (TPSA) is 68.3 Å². The number of pyridine rings is 1. The minimum absolute atomic E-state index is 0.190. The summed E-state index contributed by atoms with van der Waals surface area (Å²) in [6.45, 7) is 3.88. The molecule has 2 aromatic heterocycles. The van der Waals surface area contributed by atoms with Gasteiger partial charge in [-0.05, 0) is 49.7 Å². The van der Waals surface area contributed by atoms with Gasteiger partial charge in [0.15, 0.2) is 0 Å². The molecule has 0 aliphatic rings. The van der Waals surface area contributed by atoms with Crippen molar-refractivity contribution in [3.63, 3.8) is 0 Å². The lowest BCUT2D eigenvalue weighted by atomic mass is 10.2. The van der Waals surface area contributed by atoms with Gasteiger partial charge < -0.3 is 4.74 Å². The molecular formula is C16H16N2O3S2. The highest BCUT2D eigenvalue weighted by atomic mass is 32.2. The third-order valence-electron chi connectivity index (χ3n) is 3.48. The minimum Gasteiger partial charge on any atom is -0.497 e. The number of benzene rings is 1. The van der Waals surface area contributed by atoms with Gasteiger partial charge in [-0.1, -0.05) is 0 Å². The first-order valence-corrected chi connectivity index (χ1v) is 9.29. The molecule has 120 valence electrons. The van der Waals surface area contributed by atoms with Gasteiger partial charge in [-0.25, -0.2) is 13.4 Å². The Balaban J connectivity index is 2.00. The molecule has 0 bridgehead atoms. The van der Waals surface area contributed by atoms with Gasteiger partial charge in [0.1, 0.15) is 10.6 Å². The molecule has 0 aliphatic carbocycles. The van der Waals surface area contributed by atoms with E-state index in [1.54, 1.807) is 17.5 Å². The summed E-state index contributed by atoms with van der Waals surface area (Å²) in [4.78, 5) is 5.47. The highest BCUT2D eigenvalue weighted by Crippen LogP contribution is 2.33. The number of methoxy groups -OCH3 is 1. The van der Waals surface area contributed by atoms with Crippen LogP contribution >= 0.6 is 11.3 Å². The van der Waals surface area contributed by atoms with Crippen molar-refractivity contribution in [2.45, 2.75) is 18.7 Å². The van der Waals surface area contributed by atoms with E-state index in [1.165, 1.54) is 30.6 Å². The fourth-order valence-electron chi connectivity index (χ4n) is 2.42. The standard InChI is InChI=1S/C16H16N2O3S2/c1-10-8-11(2)17-16-15(10)14(9-22-16)18-23(19,20)13-6-4-12(21-3)5-7-13/h4-9,18H,1-3H3. The predicted octanol–water partition coefficient (Wildman–Crippen LogP) is 3.72. The van der Waals surface area contributed by atoms with E-state index in [0.717, 1.165) is 21.5 Å². The number of anilines is 1. The minimum atomic E-state index is -3.65. The fourth-order valence-corrected chi connectivity index (χ4v) is 4.55. The molecule has 0 fully saturated rings. The molecule has 0 atom stereocenters. The summed E-state index contributed by atoms with van der Waals surface area (Å²) in [6.07, 6.45) is 0. The number of aromatic nitrogens is 1. The monoisotopic (exact) mass is 348 g/mol. The van der Waals surface area contributed by atoms with E-state index in [9.17, 15) is 8.42 Å². The average Bonchev–Trinajstić information content (AvgIpc) is 2.89. The molecule has 0 amide bonds. The molecule has 3 rings (SSSR count). The predicted molar refractivity (Wildman–Crippen MR) is 92.9 cm³/mol. The summed E-state index contributed by atoms with van der Waals surface area (Å²) in [5.74, 6) is 0.612. The van der Waals surface area contributed by atoms with Crippen molar-refractivity contribution in [2.75, 3.05) is 11.8 Å². The summed E-state index contributed by atoms with van der Waals surface area (Å²) in [7, 11) is -2.11. The van der Waals surface area contributed by atoms with Crippen molar-refractivity contribution in [2.24, 2.45) is 0 Å². The molecule has 0 saturated carbocycles. The average molecular weight is 348 g/mol. The molecule has 0 radical (unpaired) electrons. The van der Waals surface area contributed by atoms with Gasteiger partial charge in [-0.2, -0.15) is 0 Å². The molecule has 0 saturated heterocycles. The van der Waals surface area contributed by atoms with Crippen LogP contribution in [0.4, 0.5) is 5.69 Å². The number of hydrogen-bond acceptors (Lipinski definition) is 5. The zero-order chi connectivity index (χ0) is 16.6. The molecule has 5 nitrogen and oxygen atoms in total. The van der Waals surface area contributed by atoms with E-state index >= 15 is 0 Å². The van der Waals surface area contributed by atoms with Gasteiger partial charge in [-0.3, -0.25) is 4.72 Å². The molecule has 7 heteroatoms. The van der Waals surface area contributed by atoms with Gasteiger partial charge in [0, 0.05) is 16.5 Å². The van der Waals surface area contributed by atoms with Crippen LogP contribution in [0.15, 0.2) is 40.6 Å². The quantitative estimate of drug-likeness (QED) is 0.780. The normalized spacial score (nSPS) is 11.6. The molecule has 0 aliphatic heterocycles. The Morgan fingerprint density at radius 3 is 2.52 bits per heavy atom. The largest absolute Gasteiger partial charge is 0.497 e. The van der Waals surface area contributed by atoms with E-state index in [1.807, 2.05) is 19.9 Å². The van der Waals surface area contributed by atoms with E-state index in [2.05, 4.69) is 9.71 Å². The van der Waals surface area contributed by atoms with Gasteiger partial charge in [0.25, 0.3) is 10.0 Å². The first kappa shape index (κ1) is 15.8. The summed E-state index contributed by atoms with van der Waals surface area (Å²) in [6, 6.07) is 8.23. The second-order valence-corrected chi connectivity index (χ2v) is 7.73. The van der Waals surface area contributed by atoms with Crippen molar-refractivity contribution in [3.05, 3.63) is 47.0 Å². The van der Waals surface area contributed by atoms with E-state index in [0.29, 0.717) is 11.4 Å². The van der Waals surface area contributed by atoms with E-state index in [-0.39, 0.29) is 4.90 Å². The Morgan fingerprint density at radius 1 is 1.17 bits per heavy atom. The first-order chi connectivity index (χ1) is 10.9. The Kier molecular flexibility index (Phi) is 3.99. The second kappa shape index (κ2) is 5.82. The number of nitrogens with one attached hydrogen (secondary N) is 1. The van der Waals surface area contributed by atoms with Gasteiger partial charge in [0.05, 0.1) is 17.7 Å². The zero-order valence-electron chi connectivity index (χ0n) is 13.0. The Morgan fingerprint density at radius 2 is 1.87 bits per heavy atom. The van der Waals surface area contributed by atoms with E-state index < -0.39 is 10.0 Å². The third-order valence-corrected chi connectivity index (χ3v) is 5.74. The number of ether oxygens (including phenoxy) is 1. The Bertz CT molecular complexity index is 961. The van der Waals surface area contributed by atoms with E-state index in [4.69, 9.17) is 4.74 Å². The van der Waals surface area contributed by atoms with Crippen molar-refractivity contribution < 1.29 is 13.2 Å². The maximum absolute atomic E-state index is 12.6. The van der Waals surface area contributed by atoms with Gasteiger partial charge in [-0.15, -0.1) is 11.3 Å². The van der Waals surface area contributed by atoms with Crippen molar-refractivity contribution in [1.29, 1.82) is 0 Å². The van der Waals surface area contributed by atoms with Crippen LogP contribution in [0.5, 0.6) is 5.75 Å². The maximum Gasteiger partial charge on any atom is 0.261 e. The number of thiophene rings is 1. The third kappa shape index (κ3) is 3.02.